The first-order chi connectivity index (χ1) is 8.21. The standard InChI is InChI=1S/C13H26N2O2/c1-2-3-11(6-7-14)4-5-13(17)15-8-12(9-15)10-16/h11-12,16H,2-10,14H2,1H3. The minimum Gasteiger partial charge on any atom is -0.396 e. The maximum absolute atomic E-state index is 11.8. The highest BCUT2D eigenvalue weighted by atomic mass is 16.3. The molecule has 4 heteroatoms. The SMILES string of the molecule is CCCC(CCN)CCC(=O)N1CC(CO)C1. The average Bonchev–Trinajstić information content (AvgIpc) is 2.25. The van der Waals surface area contributed by atoms with E-state index >= 15 is 0 Å². The van der Waals surface area contributed by atoms with Crippen LogP contribution in [0, 0.1) is 11.8 Å². The van der Waals surface area contributed by atoms with Crippen molar-refractivity contribution in [2.24, 2.45) is 17.6 Å². The fraction of sp³-hybridized carbons (Fsp3) is 0.923. The zero-order valence-corrected chi connectivity index (χ0v) is 10.9. The summed E-state index contributed by atoms with van der Waals surface area (Å²) in [6.45, 7) is 4.58. The van der Waals surface area contributed by atoms with Crippen molar-refractivity contribution >= 4 is 5.91 Å². The highest BCUT2D eigenvalue weighted by molar-refractivity contribution is 5.76. The summed E-state index contributed by atoms with van der Waals surface area (Å²) in [6.07, 6.45) is 4.96. The fourth-order valence-corrected chi connectivity index (χ4v) is 2.45. The van der Waals surface area contributed by atoms with Crippen LogP contribution in [0.1, 0.15) is 39.0 Å². The molecule has 1 unspecified atom stereocenters. The molecular weight excluding hydrogens is 216 g/mol. The van der Waals surface area contributed by atoms with Gasteiger partial charge >= 0.3 is 0 Å². The molecule has 1 aliphatic heterocycles. The lowest BCUT2D eigenvalue weighted by Crippen LogP contribution is -2.51. The molecule has 1 atom stereocenters. The molecular formula is C13H26N2O2. The van der Waals surface area contributed by atoms with Crippen LogP contribution >= 0.6 is 0 Å². The van der Waals surface area contributed by atoms with Crippen molar-refractivity contribution in [2.45, 2.75) is 39.0 Å². The zero-order valence-electron chi connectivity index (χ0n) is 10.9. The van der Waals surface area contributed by atoms with Crippen molar-refractivity contribution in [2.75, 3.05) is 26.2 Å². The van der Waals surface area contributed by atoms with Crippen molar-refractivity contribution in [1.82, 2.24) is 4.90 Å². The Balaban J connectivity index is 2.17. The molecule has 0 bridgehead atoms. The maximum atomic E-state index is 11.8. The second-order valence-electron chi connectivity index (χ2n) is 5.12. The van der Waals surface area contributed by atoms with Crippen molar-refractivity contribution in [1.29, 1.82) is 0 Å². The highest BCUT2D eigenvalue weighted by Gasteiger charge is 2.29. The summed E-state index contributed by atoms with van der Waals surface area (Å²) in [6, 6.07) is 0. The van der Waals surface area contributed by atoms with Crippen LogP contribution in [0.4, 0.5) is 0 Å². The van der Waals surface area contributed by atoms with Crippen LogP contribution < -0.4 is 5.73 Å². The van der Waals surface area contributed by atoms with Gasteiger partial charge in [0.05, 0.1) is 0 Å². The van der Waals surface area contributed by atoms with E-state index in [1.165, 1.54) is 6.42 Å². The van der Waals surface area contributed by atoms with E-state index in [9.17, 15) is 4.79 Å². The van der Waals surface area contributed by atoms with E-state index in [2.05, 4.69) is 6.92 Å². The van der Waals surface area contributed by atoms with Gasteiger partial charge < -0.3 is 15.7 Å². The van der Waals surface area contributed by atoms with Crippen LogP contribution in [-0.2, 0) is 4.79 Å². The Labute approximate surface area is 104 Å². The number of carbonyl (C=O) groups excluding carboxylic acids is 1. The van der Waals surface area contributed by atoms with Gasteiger partial charge in [0.15, 0.2) is 0 Å². The molecule has 100 valence electrons. The Hall–Kier alpha value is -0.610. The molecule has 1 fully saturated rings. The fourth-order valence-electron chi connectivity index (χ4n) is 2.45. The molecule has 0 saturated carbocycles. The van der Waals surface area contributed by atoms with Crippen molar-refractivity contribution < 1.29 is 9.90 Å². The van der Waals surface area contributed by atoms with Gasteiger partial charge in [0, 0.05) is 32.0 Å². The summed E-state index contributed by atoms with van der Waals surface area (Å²) < 4.78 is 0. The lowest BCUT2D eigenvalue weighted by Gasteiger charge is -2.38. The molecule has 1 rings (SSSR count). The van der Waals surface area contributed by atoms with Gasteiger partial charge in [-0.1, -0.05) is 19.8 Å². The molecule has 17 heavy (non-hydrogen) atoms. The van der Waals surface area contributed by atoms with Gasteiger partial charge in [-0.3, -0.25) is 4.79 Å². The monoisotopic (exact) mass is 242 g/mol. The van der Waals surface area contributed by atoms with Gasteiger partial charge in [0.2, 0.25) is 5.91 Å². The van der Waals surface area contributed by atoms with Crippen LogP contribution in [0.25, 0.3) is 0 Å². The molecule has 1 saturated heterocycles. The van der Waals surface area contributed by atoms with E-state index in [0.717, 1.165) is 38.9 Å². The number of nitrogens with two attached hydrogens (primary N) is 1. The third-order valence-corrected chi connectivity index (χ3v) is 3.61. The molecule has 0 spiro atoms. The Morgan fingerprint density at radius 1 is 1.41 bits per heavy atom. The predicted molar refractivity (Wildman–Crippen MR) is 68.5 cm³/mol. The number of hydrogen-bond donors (Lipinski definition) is 2. The first kappa shape index (κ1) is 14.5. The van der Waals surface area contributed by atoms with E-state index < -0.39 is 0 Å². The maximum Gasteiger partial charge on any atom is 0.222 e. The molecule has 1 aliphatic rings. The van der Waals surface area contributed by atoms with Gasteiger partial charge in [-0.15, -0.1) is 0 Å². The number of nitrogens with zero attached hydrogens (tertiary/aromatic N) is 1. The number of aliphatic hydroxyl groups is 1. The predicted octanol–water partition coefficient (Wildman–Crippen LogP) is 0.982. The first-order valence-corrected chi connectivity index (χ1v) is 6.79. The number of likely N-dealkylation sites (tertiary alicyclic amines) is 1. The number of aliphatic hydroxyl groups excluding tert-OH is 1. The largest absolute Gasteiger partial charge is 0.396 e. The van der Waals surface area contributed by atoms with E-state index in [0.29, 0.717) is 18.3 Å². The topological polar surface area (TPSA) is 66.6 Å². The Morgan fingerprint density at radius 3 is 2.65 bits per heavy atom. The van der Waals surface area contributed by atoms with E-state index in [-0.39, 0.29) is 12.5 Å². The lowest BCUT2D eigenvalue weighted by molar-refractivity contribution is -0.138. The summed E-state index contributed by atoms with van der Waals surface area (Å²) in [5.74, 6) is 1.16. The minimum absolute atomic E-state index is 0.204. The van der Waals surface area contributed by atoms with E-state index in [4.69, 9.17) is 10.8 Å². The summed E-state index contributed by atoms with van der Waals surface area (Å²) in [4.78, 5) is 13.7. The first-order valence-electron chi connectivity index (χ1n) is 6.79. The average molecular weight is 242 g/mol. The molecule has 3 N–H and O–H groups in total. The van der Waals surface area contributed by atoms with Crippen LogP contribution in [-0.4, -0.2) is 42.2 Å². The van der Waals surface area contributed by atoms with E-state index in [1.54, 1.807) is 0 Å². The summed E-state index contributed by atoms with van der Waals surface area (Å²) in [5.41, 5.74) is 5.58. The lowest BCUT2D eigenvalue weighted by atomic mass is 9.93. The molecule has 1 amide bonds. The Kier molecular flexibility index (Phi) is 6.52. The highest BCUT2D eigenvalue weighted by Crippen LogP contribution is 2.20. The third kappa shape index (κ3) is 4.64. The molecule has 0 aliphatic carbocycles. The van der Waals surface area contributed by atoms with Crippen molar-refractivity contribution in [3.63, 3.8) is 0 Å². The Morgan fingerprint density at radius 2 is 2.12 bits per heavy atom. The number of amides is 1. The Bertz CT molecular complexity index is 221. The van der Waals surface area contributed by atoms with E-state index in [1.807, 2.05) is 4.90 Å². The van der Waals surface area contributed by atoms with Crippen molar-refractivity contribution in [3.05, 3.63) is 0 Å². The second-order valence-corrected chi connectivity index (χ2v) is 5.12. The molecule has 0 aromatic rings. The van der Waals surface area contributed by atoms with Gasteiger partial charge in [0.1, 0.15) is 0 Å². The van der Waals surface area contributed by atoms with Crippen LogP contribution in [0.5, 0.6) is 0 Å². The number of rotatable bonds is 8. The molecule has 0 aromatic heterocycles. The molecule has 0 aromatic carbocycles. The molecule has 0 radical (unpaired) electrons. The van der Waals surface area contributed by atoms with Crippen LogP contribution in [0.15, 0.2) is 0 Å². The molecule has 4 nitrogen and oxygen atoms in total. The minimum atomic E-state index is 0.204. The molecule has 1 heterocycles. The third-order valence-electron chi connectivity index (χ3n) is 3.61. The summed E-state index contributed by atoms with van der Waals surface area (Å²) in [7, 11) is 0. The van der Waals surface area contributed by atoms with Crippen LogP contribution in [0.2, 0.25) is 0 Å². The number of carbonyl (C=O) groups is 1. The number of hydrogen-bond acceptors (Lipinski definition) is 3. The van der Waals surface area contributed by atoms with Gasteiger partial charge in [0.25, 0.3) is 0 Å². The van der Waals surface area contributed by atoms with Gasteiger partial charge in [-0.05, 0) is 25.3 Å². The summed E-state index contributed by atoms with van der Waals surface area (Å²) in [5, 5.41) is 8.89. The van der Waals surface area contributed by atoms with Crippen molar-refractivity contribution in [3.8, 4) is 0 Å². The van der Waals surface area contributed by atoms with Crippen LogP contribution in [0.3, 0.4) is 0 Å². The van der Waals surface area contributed by atoms with Gasteiger partial charge in [-0.25, -0.2) is 0 Å². The normalized spacial score (nSPS) is 17.9. The second kappa shape index (κ2) is 7.67. The summed E-state index contributed by atoms with van der Waals surface area (Å²) >= 11 is 0. The smallest absolute Gasteiger partial charge is 0.222 e. The quantitative estimate of drug-likeness (QED) is 0.667. The van der Waals surface area contributed by atoms with Gasteiger partial charge in [-0.2, -0.15) is 0 Å². The zero-order chi connectivity index (χ0) is 12.7.